The van der Waals surface area contributed by atoms with E-state index in [2.05, 4.69) is 12.2 Å². The number of hydrogen-bond donors (Lipinski definition) is 1. The largest absolute Gasteiger partial charge is 0.490 e. The van der Waals surface area contributed by atoms with Crippen LogP contribution in [0.4, 0.5) is 5.69 Å². The zero-order chi connectivity index (χ0) is 25.5. The molecule has 3 aromatic rings. The molecule has 1 saturated heterocycles. The molecule has 0 unspecified atom stereocenters. The SMILES string of the molecule is CCOc1ccc(COc2ccc(/C=C3/NC(=S)N(c4ccccc4CC)C3=O)cc2)cc1OCC. The number of rotatable bonds is 10. The third-order valence-electron chi connectivity index (χ3n) is 5.70. The highest BCUT2D eigenvalue weighted by Gasteiger charge is 2.32. The summed E-state index contributed by atoms with van der Waals surface area (Å²) < 4.78 is 17.3. The fourth-order valence-electron chi connectivity index (χ4n) is 3.96. The molecule has 6 nitrogen and oxygen atoms in total. The molecule has 1 amide bonds. The highest BCUT2D eigenvalue weighted by molar-refractivity contribution is 7.80. The summed E-state index contributed by atoms with van der Waals surface area (Å²) in [6.45, 7) is 7.49. The van der Waals surface area contributed by atoms with Crippen molar-refractivity contribution >= 4 is 35.0 Å². The number of para-hydroxylation sites is 1. The Balaban J connectivity index is 1.43. The number of nitrogens with one attached hydrogen (secondary N) is 1. The summed E-state index contributed by atoms with van der Waals surface area (Å²) in [6.07, 6.45) is 2.61. The van der Waals surface area contributed by atoms with Crippen molar-refractivity contribution in [2.45, 2.75) is 33.8 Å². The Morgan fingerprint density at radius 1 is 0.889 bits per heavy atom. The monoisotopic (exact) mass is 502 g/mol. The van der Waals surface area contributed by atoms with Crippen LogP contribution in [-0.2, 0) is 17.8 Å². The van der Waals surface area contributed by atoms with Crippen molar-refractivity contribution in [1.29, 1.82) is 0 Å². The van der Waals surface area contributed by atoms with Gasteiger partial charge in [0.1, 0.15) is 18.1 Å². The van der Waals surface area contributed by atoms with Crippen molar-refractivity contribution in [3.63, 3.8) is 0 Å². The van der Waals surface area contributed by atoms with Gasteiger partial charge in [0.2, 0.25) is 0 Å². The number of carbonyl (C=O) groups excluding carboxylic acids is 1. The van der Waals surface area contributed by atoms with Crippen LogP contribution in [0.25, 0.3) is 6.08 Å². The number of thiocarbonyl (C=S) groups is 1. The van der Waals surface area contributed by atoms with Crippen LogP contribution in [-0.4, -0.2) is 24.2 Å². The van der Waals surface area contributed by atoms with E-state index < -0.39 is 0 Å². The summed E-state index contributed by atoms with van der Waals surface area (Å²) in [4.78, 5) is 14.7. The number of aryl methyl sites for hydroxylation is 1. The maximum Gasteiger partial charge on any atom is 0.281 e. The summed E-state index contributed by atoms with van der Waals surface area (Å²) in [5.74, 6) is 2.00. The summed E-state index contributed by atoms with van der Waals surface area (Å²) in [5, 5.41) is 3.44. The van der Waals surface area contributed by atoms with E-state index in [1.165, 1.54) is 0 Å². The molecule has 186 valence electrons. The first-order valence-electron chi connectivity index (χ1n) is 12.1. The predicted molar refractivity (Wildman–Crippen MR) is 147 cm³/mol. The van der Waals surface area contributed by atoms with E-state index >= 15 is 0 Å². The minimum atomic E-state index is -0.165. The van der Waals surface area contributed by atoms with E-state index in [4.69, 9.17) is 26.4 Å². The highest BCUT2D eigenvalue weighted by atomic mass is 32.1. The molecule has 3 aromatic carbocycles. The molecule has 0 spiro atoms. The lowest BCUT2D eigenvalue weighted by Gasteiger charge is -2.17. The highest BCUT2D eigenvalue weighted by Crippen LogP contribution is 2.30. The van der Waals surface area contributed by atoms with Gasteiger partial charge in [-0.05, 0) is 85.6 Å². The van der Waals surface area contributed by atoms with Crippen LogP contribution in [0.5, 0.6) is 17.2 Å². The standard InChI is InChI=1S/C29H30N2O4S/c1-4-22-9-7-8-10-25(22)31-28(32)24(30-29(31)36)17-20-11-14-23(15-12-20)35-19-21-13-16-26(33-5-2)27(18-21)34-6-3/h7-18H,4-6,19H2,1-3H3,(H,30,36)/b24-17+. The number of nitrogens with zero attached hydrogens (tertiary/aromatic N) is 1. The van der Waals surface area contributed by atoms with Gasteiger partial charge in [0.15, 0.2) is 16.6 Å². The maximum atomic E-state index is 13.1. The first kappa shape index (κ1) is 25.3. The average Bonchev–Trinajstić information content (AvgIpc) is 3.17. The second-order valence-corrected chi connectivity index (χ2v) is 8.50. The second kappa shape index (κ2) is 11.7. The normalized spacial score (nSPS) is 14.2. The first-order chi connectivity index (χ1) is 17.5. The van der Waals surface area contributed by atoms with E-state index in [1.54, 1.807) is 11.0 Å². The molecule has 1 aliphatic rings. The van der Waals surface area contributed by atoms with Gasteiger partial charge in [-0.1, -0.05) is 43.3 Å². The van der Waals surface area contributed by atoms with Gasteiger partial charge in [0.05, 0.1) is 18.9 Å². The lowest BCUT2D eigenvalue weighted by atomic mass is 10.1. The average molecular weight is 503 g/mol. The Morgan fingerprint density at radius 3 is 2.33 bits per heavy atom. The lowest BCUT2D eigenvalue weighted by molar-refractivity contribution is -0.113. The Bertz CT molecular complexity index is 1270. The zero-order valence-corrected chi connectivity index (χ0v) is 21.6. The molecule has 0 bridgehead atoms. The van der Waals surface area contributed by atoms with Crippen molar-refractivity contribution in [1.82, 2.24) is 5.32 Å². The summed E-state index contributed by atoms with van der Waals surface area (Å²) in [6, 6.07) is 21.2. The van der Waals surface area contributed by atoms with Crippen LogP contribution in [0.3, 0.4) is 0 Å². The third-order valence-corrected chi connectivity index (χ3v) is 5.98. The van der Waals surface area contributed by atoms with E-state index in [-0.39, 0.29) is 5.91 Å². The van der Waals surface area contributed by atoms with Gasteiger partial charge in [-0.2, -0.15) is 0 Å². The second-order valence-electron chi connectivity index (χ2n) is 8.12. The Morgan fingerprint density at radius 2 is 1.61 bits per heavy atom. The number of amides is 1. The van der Waals surface area contributed by atoms with Crippen molar-refractivity contribution in [2.75, 3.05) is 18.1 Å². The van der Waals surface area contributed by atoms with E-state index in [9.17, 15) is 4.79 Å². The van der Waals surface area contributed by atoms with Gasteiger partial charge in [0, 0.05) is 0 Å². The molecule has 1 fully saturated rings. The zero-order valence-electron chi connectivity index (χ0n) is 20.7. The third kappa shape index (κ3) is 5.69. The smallest absolute Gasteiger partial charge is 0.281 e. The number of carbonyl (C=O) groups is 1. The van der Waals surface area contributed by atoms with Gasteiger partial charge < -0.3 is 19.5 Å². The number of ether oxygens (including phenoxy) is 3. The van der Waals surface area contributed by atoms with Crippen molar-refractivity contribution in [2.24, 2.45) is 0 Å². The van der Waals surface area contributed by atoms with Gasteiger partial charge in [-0.15, -0.1) is 0 Å². The van der Waals surface area contributed by atoms with E-state index in [0.717, 1.165) is 40.3 Å². The Kier molecular flexibility index (Phi) is 8.23. The van der Waals surface area contributed by atoms with Crippen LogP contribution >= 0.6 is 12.2 Å². The molecule has 1 aliphatic heterocycles. The molecule has 0 aliphatic carbocycles. The molecule has 1 heterocycles. The summed E-state index contributed by atoms with van der Waals surface area (Å²) in [5.41, 5.74) is 4.17. The molecule has 0 atom stereocenters. The van der Waals surface area contributed by atoms with Crippen molar-refractivity contribution in [3.8, 4) is 17.2 Å². The minimum absolute atomic E-state index is 0.165. The van der Waals surface area contributed by atoms with Crippen LogP contribution in [0.2, 0.25) is 0 Å². The Hall–Kier alpha value is -3.84. The van der Waals surface area contributed by atoms with Crippen LogP contribution < -0.4 is 24.4 Å². The topological polar surface area (TPSA) is 60.0 Å². The molecule has 36 heavy (non-hydrogen) atoms. The van der Waals surface area contributed by atoms with E-state index in [0.29, 0.717) is 36.4 Å². The van der Waals surface area contributed by atoms with Crippen LogP contribution in [0, 0.1) is 0 Å². The number of benzene rings is 3. The molecule has 7 heteroatoms. The van der Waals surface area contributed by atoms with E-state index in [1.807, 2.05) is 80.6 Å². The summed E-state index contributed by atoms with van der Waals surface area (Å²) >= 11 is 5.47. The maximum absolute atomic E-state index is 13.1. The number of anilines is 1. The van der Waals surface area contributed by atoms with Crippen molar-refractivity contribution < 1.29 is 19.0 Å². The first-order valence-corrected chi connectivity index (χ1v) is 12.5. The predicted octanol–water partition coefficient (Wildman–Crippen LogP) is 5.89. The quantitative estimate of drug-likeness (QED) is 0.276. The summed E-state index contributed by atoms with van der Waals surface area (Å²) in [7, 11) is 0. The molecule has 4 rings (SSSR count). The molecule has 0 radical (unpaired) electrons. The van der Waals surface area contributed by atoms with Gasteiger partial charge >= 0.3 is 0 Å². The molecular formula is C29H30N2O4S. The molecule has 1 N–H and O–H groups in total. The van der Waals surface area contributed by atoms with Gasteiger partial charge in [-0.25, -0.2) is 0 Å². The number of hydrogen-bond acceptors (Lipinski definition) is 5. The molecule has 0 aromatic heterocycles. The fourth-order valence-corrected chi connectivity index (χ4v) is 4.25. The Labute approximate surface area is 217 Å². The van der Waals surface area contributed by atoms with Gasteiger partial charge in [-0.3, -0.25) is 9.69 Å². The fraction of sp³-hybridized carbons (Fsp3) is 0.241. The minimum Gasteiger partial charge on any atom is -0.490 e. The molecular weight excluding hydrogens is 472 g/mol. The van der Waals surface area contributed by atoms with Gasteiger partial charge in [0.25, 0.3) is 5.91 Å². The lowest BCUT2D eigenvalue weighted by Crippen LogP contribution is -2.31. The van der Waals surface area contributed by atoms with Crippen LogP contribution in [0.15, 0.2) is 72.4 Å². The van der Waals surface area contributed by atoms with Crippen LogP contribution in [0.1, 0.15) is 37.5 Å². The van der Waals surface area contributed by atoms with Crippen molar-refractivity contribution in [3.05, 3.63) is 89.1 Å². The molecule has 0 saturated carbocycles.